The van der Waals surface area contributed by atoms with Gasteiger partial charge in [0.15, 0.2) is 0 Å². The second-order valence-corrected chi connectivity index (χ2v) is 6.51. The van der Waals surface area contributed by atoms with Gasteiger partial charge in [0.25, 0.3) is 5.69 Å². The molecule has 0 aliphatic carbocycles. The highest BCUT2D eigenvalue weighted by Crippen LogP contribution is 2.30. The third-order valence-electron chi connectivity index (χ3n) is 2.81. The number of rotatable bonds is 4. The predicted molar refractivity (Wildman–Crippen MR) is 79.3 cm³/mol. The van der Waals surface area contributed by atoms with Crippen LogP contribution in [0.5, 0.6) is 0 Å². The maximum Gasteiger partial charge on any atom is 0.269 e. The Labute approximate surface area is 124 Å². The highest BCUT2D eigenvalue weighted by atomic mass is 35.5. The summed E-state index contributed by atoms with van der Waals surface area (Å²) in [6.45, 7) is 1.95. The molecular formula is C14H12ClNO3S. The highest BCUT2D eigenvalue weighted by Gasteiger charge is 2.18. The molecule has 0 N–H and O–H groups in total. The third-order valence-corrected chi connectivity index (χ3v) is 4.93. The van der Waals surface area contributed by atoms with E-state index in [2.05, 4.69) is 0 Å². The van der Waals surface area contributed by atoms with Gasteiger partial charge in [-0.3, -0.25) is 14.3 Å². The van der Waals surface area contributed by atoms with Gasteiger partial charge in [0.2, 0.25) is 0 Å². The molecule has 2 unspecified atom stereocenters. The number of hydrogen-bond donors (Lipinski definition) is 0. The van der Waals surface area contributed by atoms with E-state index in [1.807, 2.05) is 19.1 Å². The van der Waals surface area contributed by atoms with Crippen LogP contribution in [0.4, 0.5) is 5.69 Å². The van der Waals surface area contributed by atoms with Crippen LogP contribution in [0.15, 0.2) is 53.4 Å². The molecule has 0 aliphatic heterocycles. The summed E-state index contributed by atoms with van der Waals surface area (Å²) in [5.74, 6) is 0. The summed E-state index contributed by atoms with van der Waals surface area (Å²) in [4.78, 5) is 10.7. The number of nitro benzene ring substituents is 1. The first-order chi connectivity index (χ1) is 9.49. The lowest BCUT2D eigenvalue weighted by molar-refractivity contribution is -0.384. The number of alkyl halides is 1. The molecule has 104 valence electrons. The predicted octanol–water partition coefficient (Wildman–Crippen LogP) is 3.95. The smallest absolute Gasteiger partial charge is 0.258 e. The lowest BCUT2D eigenvalue weighted by Crippen LogP contribution is -2.01. The lowest BCUT2D eigenvalue weighted by atomic mass is 10.2. The van der Waals surface area contributed by atoms with E-state index in [9.17, 15) is 14.3 Å². The van der Waals surface area contributed by atoms with Crippen LogP contribution in [0.1, 0.15) is 15.8 Å². The van der Waals surface area contributed by atoms with Crippen molar-refractivity contribution < 1.29 is 9.13 Å². The van der Waals surface area contributed by atoms with Crippen molar-refractivity contribution in [2.75, 3.05) is 0 Å². The lowest BCUT2D eigenvalue weighted by Gasteiger charge is -2.10. The van der Waals surface area contributed by atoms with Crippen LogP contribution < -0.4 is 0 Å². The van der Waals surface area contributed by atoms with Crippen LogP contribution in [0.2, 0.25) is 0 Å². The fourth-order valence-corrected chi connectivity index (χ4v) is 3.16. The molecule has 6 heteroatoms. The van der Waals surface area contributed by atoms with Gasteiger partial charge in [-0.25, -0.2) is 0 Å². The minimum Gasteiger partial charge on any atom is -0.258 e. The number of nitro groups is 1. The minimum absolute atomic E-state index is 0.0151. The molecule has 2 aromatic carbocycles. The van der Waals surface area contributed by atoms with E-state index in [1.54, 1.807) is 12.1 Å². The topological polar surface area (TPSA) is 60.2 Å². The number of hydrogen-bond acceptors (Lipinski definition) is 3. The molecule has 0 heterocycles. The fraction of sp³-hybridized carbons (Fsp3) is 0.143. The third kappa shape index (κ3) is 3.23. The van der Waals surface area contributed by atoms with Crippen molar-refractivity contribution in [3.8, 4) is 0 Å². The van der Waals surface area contributed by atoms with E-state index in [1.165, 1.54) is 24.3 Å². The van der Waals surface area contributed by atoms with Gasteiger partial charge in [0, 0.05) is 17.0 Å². The Morgan fingerprint density at radius 2 is 1.65 bits per heavy atom. The second kappa shape index (κ2) is 6.15. The quantitative estimate of drug-likeness (QED) is 0.488. The van der Waals surface area contributed by atoms with E-state index < -0.39 is 20.4 Å². The Bertz CT molecular complexity index is 640. The van der Waals surface area contributed by atoms with Crippen LogP contribution in [0.3, 0.4) is 0 Å². The van der Waals surface area contributed by atoms with Gasteiger partial charge in [-0.05, 0) is 36.8 Å². The zero-order valence-electron chi connectivity index (χ0n) is 10.7. The summed E-state index contributed by atoms with van der Waals surface area (Å²) in [7, 11) is -1.41. The van der Waals surface area contributed by atoms with Crippen molar-refractivity contribution in [1.82, 2.24) is 0 Å². The number of halogens is 1. The van der Waals surface area contributed by atoms with Gasteiger partial charge in [0.05, 0.1) is 15.7 Å². The molecule has 0 aliphatic rings. The first-order valence-corrected chi connectivity index (χ1v) is 7.49. The van der Waals surface area contributed by atoms with Gasteiger partial charge < -0.3 is 0 Å². The maximum absolute atomic E-state index is 12.3. The molecule has 2 rings (SSSR count). The van der Waals surface area contributed by atoms with Crippen LogP contribution in [-0.2, 0) is 10.8 Å². The first kappa shape index (κ1) is 14.7. The number of non-ortho nitro benzene ring substituents is 1. The van der Waals surface area contributed by atoms with Gasteiger partial charge in [-0.15, -0.1) is 11.6 Å². The maximum atomic E-state index is 12.3. The Balaban J connectivity index is 2.22. The standard InChI is InChI=1S/C14H12ClNO3S/c1-10-2-8-13(9-3-10)20(19)14(15)11-4-6-12(7-5-11)16(17)18/h2-9,14H,1H3. The molecule has 0 bridgehead atoms. The molecule has 2 atom stereocenters. The van der Waals surface area contributed by atoms with Crippen LogP contribution in [0, 0.1) is 17.0 Å². The number of nitrogens with zero attached hydrogens (tertiary/aromatic N) is 1. The van der Waals surface area contributed by atoms with Gasteiger partial charge in [-0.1, -0.05) is 17.7 Å². The highest BCUT2D eigenvalue weighted by molar-refractivity contribution is 7.86. The Hall–Kier alpha value is -1.72. The van der Waals surface area contributed by atoms with Crippen molar-refractivity contribution in [1.29, 1.82) is 0 Å². The molecule has 0 saturated heterocycles. The molecular weight excluding hydrogens is 298 g/mol. The van der Waals surface area contributed by atoms with Gasteiger partial charge >= 0.3 is 0 Å². The summed E-state index contributed by atoms with van der Waals surface area (Å²) >= 11 is 6.19. The van der Waals surface area contributed by atoms with Crippen molar-refractivity contribution in [3.05, 3.63) is 69.8 Å². The van der Waals surface area contributed by atoms with E-state index in [-0.39, 0.29) is 5.69 Å². The molecule has 0 radical (unpaired) electrons. The van der Waals surface area contributed by atoms with Crippen molar-refractivity contribution in [2.24, 2.45) is 0 Å². The minimum atomic E-state index is -1.41. The zero-order chi connectivity index (χ0) is 14.7. The fourth-order valence-electron chi connectivity index (χ4n) is 1.66. The molecule has 20 heavy (non-hydrogen) atoms. The van der Waals surface area contributed by atoms with Crippen molar-refractivity contribution >= 4 is 28.1 Å². The van der Waals surface area contributed by atoms with E-state index in [4.69, 9.17) is 11.6 Å². The monoisotopic (exact) mass is 309 g/mol. The summed E-state index contributed by atoms with van der Waals surface area (Å²) < 4.78 is 11.6. The van der Waals surface area contributed by atoms with E-state index in [0.29, 0.717) is 10.5 Å². The van der Waals surface area contributed by atoms with Crippen molar-refractivity contribution in [3.63, 3.8) is 0 Å². The summed E-state index contributed by atoms with van der Waals surface area (Å²) in [5, 5.41) is 10.6. The Kier molecular flexibility index (Phi) is 4.52. The number of aryl methyl sites for hydroxylation is 1. The summed E-state index contributed by atoms with van der Waals surface area (Å²) in [6, 6.07) is 13.1. The SMILES string of the molecule is Cc1ccc(S(=O)C(Cl)c2ccc([N+](=O)[O-])cc2)cc1. The molecule has 0 fully saturated rings. The molecule has 4 nitrogen and oxygen atoms in total. The number of benzene rings is 2. The van der Waals surface area contributed by atoms with Crippen molar-refractivity contribution in [2.45, 2.75) is 16.5 Å². The second-order valence-electron chi connectivity index (χ2n) is 4.28. The van der Waals surface area contributed by atoms with Crippen LogP contribution in [0.25, 0.3) is 0 Å². The normalized spacial score (nSPS) is 13.7. The average Bonchev–Trinajstić information content (AvgIpc) is 2.46. The molecule has 0 saturated carbocycles. The zero-order valence-corrected chi connectivity index (χ0v) is 12.2. The first-order valence-electron chi connectivity index (χ1n) is 5.84. The average molecular weight is 310 g/mol. The summed E-state index contributed by atoms with van der Waals surface area (Å²) in [6.07, 6.45) is 0. The Morgan fingerprint density at radius 3 is 2.15 bits per heavy atom. The molecule has 0 spiro atoms. The summed E-state index contributed by atoms with van der Waals surface area (Å²) in [5.41, 5.74) is 1.65. The Morgan fingerprint density at radius 1 is 1.10 bits per heavy atom. The van der Waals surface area contributed by atoms with Gasteiger partial charge in [0.1, 0.15) is 4.71 Å². The van der Waals surface area contributed by atoms with E-state index >= 15 is 0 Å². The molecule has 2 aromatic rings. The molecule has 0 aromatic heterocycles. The largest absolute Gasteiger partial charge is 0.269 e. The van der Waals surface area contributed by atoms with Gasteiger partial charge in [-0.2, -0.15) is 0 Å². The van der Waals surface area contributed by atoms with E-state index in [0.717, 1.165) is 5.56 Å². The van der Waals surface area contributed by atoms with Crippen LogP contribution in [-0.4, -0.2) is 9.13 Å². The van der Waals surface area contributed by atoms with Crippen LogP contribution >= 0.6 is 11.6 Å². The molecule has 0 amide bonds.